The smallest absolute Gasteiger partial charge is 0.247 e. The van der Waals surface area contributed by atoms with E-state index >= 15 is 0 Å². The number of ether oxygens (including phenoxy) is 1. The molecule has 3 heteroatoms. The van der Waals surface area contributed by atoms with E-state index in [1.54, 1.807) is 0 Å². The molecule has 14 heavy (non-hydrogen) atoms. The lowest BCUT2D eigenvalue weighted by molar-refractivity contribution is 0.353. The number of aliphatic imine (C=N–C) groups is 1. The molecule has 2 heterocycles. The van der Waals surface area contributed by atoms with Crippen molar-refractivity contribution >= 4 is 12.5 Å². The van der Waals surface area contributed by atoms with Crippen LogP contribution in [0.1, 0.15) is 38.5 Å². The Morgan fingerprint density at radius 2 is 1.57 bits per heavy atom. The van der Waals surface area contributed by atoms with Crippen LogP contribution in [-0.4, -0.2) is 25.7 Å². The van der Waals surface area contributed by atoms with E-state index in [0.717, 1.165) is 18.9 Å². The van der Waals surface area contributed by atoms with Crippen molar-refractivity contribution in [2.45, 2.75) is 51.2 Å². The molecular formula is C11H20BNO. The van der Waals surface area contributed by atoms with Gasteiger partial charge in [-0.3, -0.25) is 4.99 Å². The van der Waals surface area contributed by atoms with Crippen LogP contribution in [0.25, 0.3) is 0 Å². The Bertz CT molecular complexity index is 195. The molecule has 0 aromatic carbocycles. The van der Waals surface area contributed by atoms with Gasteiger partial charge in [-0.2, -0.15) is 0 Å². The van der Waals surface area contributed by atoms with Crippen molar-refractivity contribution in [3.8, 4) is 0 Å². The summed E-state index contributed by atoms with van der Waals surface area (Å²) in [5, 5.41) is 0. The van der Waals surface area contributed by atoms with Gasteiger partial charge in [0.15, 0.2) is 0 Å². The van der Waals surface area contributed by atoms with Crippen molar-refractivity contribution in [1.29, 1.82) is 0 Å². The van der Waals surface area contributed by atoms with Gasteiger partial charge in [0.25, 0.3) is 0 Å². The molecule has 2 rings (SSSR count). The first-order valence-electron chi connectivity index (χ1n) is 6.14. The van der Waals surface area contributed by atoms with E-state index in [1.807, 2.05) is 0 Å². The minimum atomic E-state index is 0.649. The van der Waals surface area contributed by atoms with Crippen LogP contribution >= 0.6 is 0 Å². The van der Waals surface area contributed by atoms with Gasteiger partial charge >= 0.3 is 0 Å². The third-order valence-electron chi connectivity index (χ3n) is 3.31. The summed E-state index contributed by atoms with van der Waals surface area (Å²) in [7, 11) is 0. The molecule has 1 fully saturated rings. The zero-order valence-corrected chi connectivity index (χ0v) is 9.00. The van der Waals surface area contributed by atoms with E-state index in [9.17, 15) is 0 Å². The largest absolute Gasteiger partial charge is 0.488 e. The first kappa shape index (κ1) is 10.1. The van der Waals surface area contributed by atoms with Crippen LogP contribution in [0.15, 0.2) is 4.99 Å². The zero-order valence-electron chi connectivity index (χ0n) is 9.00. The maximum absolute atomic E-state index is 5.58. The third-order valence-corrected chi connectivity index (χ3v) is 3.31. The number of hydrogen-bond acceptors (Lipinski definition) is 2. The molecular weight excluding hydrogens is 173 g/mol. The summed E-state index contributed by atoms with van der Waals surface area (Å²) in [6, 6.07) is 0. The molecule has 2 aliphatic rings. The first-order valence-corrected chi connectivity index (χ1v) is 6.14. The maximum Gasteiger partial charge on any atom is 0.247 e. The van der Waals surface area contributed by atoms with E-state index in [2.05, 4.69) is 4.99 Å². The van der Waals surface area contributed by atoms with Crippen LogP contribution < -0.4 is 0 Å². The second-order valence-corrected chi connectivity index (χ2v) is 4.46. The topological polar surface area (TPSA) is 21.6 Å². The van der Waals surface area contributed by atoms with E-state index < -0.39 is 0 Å². The minimum absolute atomic E-state index is 0.649. The average molecular weight is 193 g/mol. The van der Waals surface area contributed by atoms with Crippen molar-refractivity contribution in [1.82, 2.24) is 0 Å². The molecule has 0 radical (unpaired) electrons. The lowest BCUT2D eigenvalue weighted by Gasteiger charge is -2.11. The van der Waals surface area contributed by atoms with Crippen LogP contribution in [0, 0.1) is 0 Å². The van der Waals surface area contributed by atoms with Crippen molar-refractivity contribution in [2.24, 2.45) is 4.99 Å². The zero-order chi connectivity index (χ0) is 9.64. The normalized spacial score (nSPS) is 24.6. The monoisotopic (exact) mass is 193 g/mol. The molecule has 0 amide bonds. The van der Waals surface area contributed by atoms with Crippen LogP contribution in [0.3, 0.4) is 0 Å². The Morgan fingerprint density at radius 1 is 0.929 bits per heavy atom. The van der Waals surface area contributed by atoms with Gasteiger partial charge < -0.3 is 4.74 Å². The van der Waals surface area contributed by atoms with Crippen LogP contribution in [0.2, 0.25) is 12.6 Å². The average Bonchev–Trinajstić information content (AvgIpc) is 2.75. The third kappa shape index (κ3) is 2.76. The lowest BCUT2D eigenvalue weighted by Crippen LogP contribution is -2.25. The molecule has 0 N–H and O–H groups in total. The fraction of sp³-hybridized carbons (Fsp3) is 0.909. The highest BCUT2D eigenvalue weighted by Gasteiger charge is 2.24. The fourth-order valence-corrected chi connectivity index (χ4v) is 2.48. The number of rotatable bonds is 1. The summed E-state index contributed by atoms with van der Waals surface area (Å²) in [5.41, 5.74) is 0. The van der Waals surface area contributed by atoms with Gasteiger partial charge in [-0.05, 0) is 0 Å². The van der Waals surface area contributed by atoms with E-state index in [1.165, 1.54) is 51.2 Å². The van der Waals surface area contributed by atoms with Crippen molar-refractivity contribution in [2.75, 3.05) is 13.2 Å². The Kier molecular flexibility index (Phi) is 3.90. The predicted molar refractivity (Wildman–Crippen MR) is 61.3 cm³/mol. The molecule has 0 unspecified atom stereocenters. The molecule has 2 aliphatic heterocycles. The molecule has 78 valence electrons. The molecule has 0 spiro atoms. The van der Waals surface area contributed by atoms with E-state index in [0.29, 0.717) is 6.71 Å². The Labute approximate surface area is 87.2 Å². The Morgan fingerprint density at radius 3 is 2.14 bits per heavy atom. The van der Waals surface area contributed by atoms with Gasteiger partial charge in [0, 0.05) is 0 Å². The van der Waals surface area contributed by atoms with Crippen LogP contribution in [-0.2, 0) is 4.74 Å². The summed E-state index contributed by atoms with van der Waals surface area (Å²) >= 11 is 0. The molecule has 0 atom stereocenters. The van der Waals surface area contributed by atoms with Crippen LogP contribution in [0.4, 0.5) is 0 Å². The summed E-state index contributed by atoms with van der Waals surface area (Å²) in [4.78, 5) is 4.46. The second kappa shape index (κ2) is 5.42. The maximum atomic E-state index is 5.58. The Hall–Kier alpha value is -0.465. The molecule has 1 saturated heterocycles. The SMILES string of the molecule is C1CCCCB(C2=NCCO2)CCC1. The first-order chi connectivity index (χ1) is 6.97. The summed E-state index contributed by atoms with van der Waals surface area (Å²) in [6.07, 6.45) is 11.0. The van der Waals surface area contributed by atoms with Gasteiger partial charge in [-0.15, -0.1) is 0 Å². The number of hydrogen-bond donors (Lipinski definition) is 0. The summed E-state index contributed by atoms with van der Waals surface area (Å²) in [5.74, 6) is 1.08. The van der Waals surface area contributed by atoms with E-state index in [4.69, 9.17) is 4.74 Å². The fourth-order valence-electron chi connectivity index (χ4n) is 2.48. The lowest BCUT2D eigenvalue weighted by atomic mass is 9.43. The molecule has 0 bridgehead atoms. The minimum Gasteiger partial charge on any atom is -0.488 e. The number of nitrogens with zero attached hydrogens (tertiary/aromatic N) is 1. The van der Waals surface area contributed by atoms with Crippen molar-refractivity contribution in [3.05, 3.63) is 0 Å². The highest BCUT2D eigenvalue weighted by Crippen LogP contribution is 2.19. The standard InChI is InChI=1S/C11H20BNO/c1-2-4-6-8-12(7-5-3-1)11-13-9-10-14-11/h1-10H2. The Balaban J connectivity index is 1.87. The molecule has 0 aromatic heterocycles. The van der Waals surface area contributed by atoms with Gasteiger partial charge in [-0.25, -0.2) is 0 Å². The van der Waals surface area contributed by atoms with Gasteiger partial charge in [-0.1, -0.05) is 51.2 Å². The molecule has 0 aliphatic carbocycles. The van der Waals surface area contributed by atoms with Crippen molar-refractivity contribution < 1.29 is 4.74 Å². The summed E-state index contributed by atoms with van der Waals surface area (Å²) < 4.78 is 5.58. The highest BCUT2D eigenvalue weighted by atomic mass is 16.5. The van der Waals surface area contributed by atoms with Gasteiger partial charge in [0.2, 0.25) is 6.71 Å². The molecule has 0 saturated carbocycles. The second-order valence-electron chi connectivity index (χ2n) is 4.46. The van der Waals surface area contributed by atoms with Gasteiger partial charge in [0.1, 0.15) is 12.4 Å². The van der Waals surface area contributed by atoms with E-state index in [-0.39, 0.29) is 0 Å². The molecule has 2 nitrogen and oxygen atoms in total. The predicted octanol–water partition coefficient (Wildman–Crippen LogP) is 2.80. The van der Waals surface area contributed by atoms with Crippen LogP contribution in [0.5, 0.6) is 0 Å². The van der Waals surface area contributed by atoms with Crippen molar-refractivity contribution in [3.63, 3.8) is 0 Å². The van der Waals surface area contributed by atoms with Gasteiger partial charge in [0.05, 0.1) is 6.54 Å². The summed E-state index contributed by atoms with van der Waals surface area (Å²) in [6.45, 7) is 2.37. The molecule has 0 aromatic rings. The quantitative estimate of drug-likeness (QED) is 0.586. The highest BCUT2D eigenvalue weighted by molar-refractivity contribution is 6.89.